The van der Waals surface area contributed by atoms with Gasteiger partial charge in [0.25, 0.3) is 8.05 Å². The van der Waals surface area contributed by atoms with E-state index in [1.807, 2.05) is 0 Å². The Kier molecular flexibility index (Phi) is 28.7. The van der Waals surface area contributed by atoms with Gasteiger partial charge < -0.3 is 29.5 Å². The van der Waals surface area contributed by atoms with Crippen LogP contribution in [0.15, 0.2) is 0 Å². The predicted molar refractivity (Wildman–Crippen MR) is 31.2 cm³/mol. The third-order valence-corrected chi connectivity index (χ3v) is 0.866. The van der Waals surface area contributed by atoms with Gasteiger partial charge in [0.15, 0.2) is 0 Å². The van der Waals surface area contributed by atoms with E-state index in [0.717, 1.165) is 6.42 Å². The third-order valence-electron chi connectivity index (χ3n) is 0.866. The van der Waals surface area contributed by atoms with Gasteiger partial charge in [-0.15, -0.1) is 0 Å². The Labute approximate surface area is 70.8 Å². The lowest BCUT2D eigenvalue weighted by Crippen LogP contribution is -3.00. The average Bonchev–Trinajstić information content (AvgIpc) is 1.69. The molecule has 0 rings (SSSR count). The van der Waals surface area contributed by atoms with E-state index in [2.05, 4.69) is 11.6 Å². The van der Waals surface area contributed by atoms with Crippen LogP contribution in [0.4, 0.5) is 0 Å². The van der Waals surface area contributed by atoms with Gasteiger partial charge in [-0.05, 0) is 6.42 Å². The van der Waals surface area contributed by atoms with Crippen molar-refractivity contribution < 1.29 is 29.5 Å². The van der Waals surface area contributed by atoms with Crippen LogP contribution in [0.5, 0.6) is 0 Å². The lowest BCUT2D eigenvalue weighted by Gasteiger charge is -1.93. The Hall–Kier alpha value is 0.605. The largest absolute Gasteiger partial charge is 1.00 e. The van der Waals surface area contributed by atoms with E-state index in [4.69, 9.17) is 8.05 Å². The van der Waals surface area contributed by atoms with E-state index in [1.165, 1.54) is 12.8 Å². The second-order valence-electron chi connectivity index (χ2n) is 1.58. The summed E-state index contributed by atoms with van der Waals surface area (Å²) in [6.45, 7) is 2.85. The molecule has 0 aliphatic carbocycles. The fraction of sp³-hybridized carbons (Fsp3) is 1.00. The second-order valence-corrected chi connectivity index (χ2v) is 1.58. The first-order chi connectivity index (χ1) is 3.41. The molecule has 0 atom stereocenters. The zero-order valence-corrected chi connectivity index (χ0v) is 7.08. The Morgan fingerprint density at radius 2 is 1.78 bits per heavy atom. The molecule has 0 fully saturated rings. The highest BCUT2D eigenvalue weighted by molar-refractivity contribution is 5.97. The molecule has 4 heteroatoms. The smallest absolute Gasteiger partial charge is 0.282 e. The summed E-state index contributed by atoms with van der Waals surface area (Å²) in [5.74, 6) is 0. The van der Waals surface area contributed by atoms with Gasteiger partial charge in [0.05, 0.1) is 0 Å². The maximum Gasteiger partial charge on any atom is 0.282 e. The molecule has 0 aliphatic heterocycles. The highest BCUT2D eigenvalue weighted by atomic mass is 35.5. The summed E-state index contributed by atoms with van der Waals surface area (Å²) in [4.78, 5) is 0. The number of rotatable bonds is 4. The van der Waals surface area contributed by atoms with Crippen molar-refractivity contribution >= 4 is 8.05 Å². The van der Waals surface area contributed by atoms with Gasteiger partial charge in [-0.25, -0.2) is 0 Å². The van der Waals surface area contributed by atoms with Crippen LogP contribution in [0.1, 0.15) is 26.2 Å². The molecule has 0 N–H and O–H groups in total. The van der Waals surface area contributed by atoms with E-state index < -0.39 is 0 Å². The molecule has 0 spiro atoms. The summed E-state index contributed by atoms with van der Waals surface area (Å²) in [7, 11) is 4.77. The normalized spacial score (nSPS) is 7.22. The number of hydrogen-bond donors (Lipinski definition) is 0. The number of unbranched alkanes of at least 4 members (excludes halogenated alkanes) is 2. The average molecular weight is 169 g/mol. The topological polar surface area (TPSA) is 9.23 Å². The first kappa shape index (κ1) is 16.3. The molecular weight excluding hydrogens is 158 g/mol. The summed E-state index contributed by atoms with van der Waals surface area (Å²) < 4.78 is 4.34. The van der Waals surface area contributed by atoms with Crippen LogP contribution in [0.3, 0.4) is 0 Å². The van der Waals surface area contributed by atoms with Crippen molar-refractivity contribution in [1.29, 1.82) is 0 Å². The molecule has 0 aromatic carbocycles. The van der Waals surface area contributed by atoms with Gasteiger partial charge in [0, 0.05) is 6.61 Å². The van der Waals surface area contributed by atoms with Gasteiger partial charge in [0.2, 0.25) is 0 Å². The predicted octanol–water partition coefficient (Wildman–Crippen LogP) is -4.72. The molecule has 0 bridgehead atoms. The van der Waals surface area contributed by atoms with E-state index in [9.17, 15) is 0 Å². The monoisotopic (exact) mass is 168 g/mol. The zero-order chi connectivity index (χ0) is 5.54. The van der Waals surface area contributed by atoms with E-state index in [0.29, 0.717) is 6.61 Å². The van der Waals surface area contributed by atoms with Crippen LogP contribution >= 0.6 is 0 Å². The fourth-order valence-electron chi connectivity index (χ4n) is 0.435. The number of hydrogen-bond acceptors (Lipinski definition) is 1. The molecule has 0 amide bonds. The van der Waals surface area contributed by atoms with E-state index in [-0.39, 0.29) is 24.8 Å². The molecule has 2 radical (unpaired) electrons. The summed E-state index contributed by atoms with van der Waals surface area (Å²) >= 11 is 0. The molecule has 1 nitrogen and oxygen atoms in total. The van der Waals surface area contributed by atoms with Crippen molar-refractivity contribution in [3.8, 4) is 0 Å². The summed E-state index contributed by atoms with van der Waals surface area (Å²) in [5, 5.41) is 0. The van der Waals surface area contributed by atoms with Crippen LogP contribution in [-0.4, -0.2) is 14.7 Å². The van der Waals surface area contributed by atoms with Gasteiger partial charge >= 0.3 is 0 Å². The maximum absolute atomic E-state index is 4.77. The standard InChI is InChI=1S/C5H11BO.2ClH/c1-2-3-4-5-7-6;;/h2-5H2,1H3;2*1H/p-2. The second kappa shape index (κ2) is 15.8. The number of halogens is 2. The Bertz CT molecular complexity index is 34.1. The Morgan fingerprint density at radius 3 is 2.11 bits per heavy atom. The van der Waals surface area contributed by atoms with Crippen LogP contribution in [-0.2, 0) is 4.65 Å². The van der Waals surface area contributed by atoms with Crippen molar-refractivity contribution in [2.75, 3.05) is 6.61 Å². The molecule has 56 valence electrons. The van der Waals surface area contributed by atoms with Gasteiger partial charge in [-0.2, -0.15) is 0 Å². The lowest BCUT2D eigenvalue weighted by atomic mass is 10.3. The molecule has 0 saturated carbocycles. The Morgan fingerprint density at radius 1 is 1.22 bits per heavy atom. The van der Waals surface area contributed by atoms with Crippen LogP contribution < -0.4 is 24.8 Å². The highest BCUT2D eigenvalue weighted by Gasteiger charge is 1.79. The van der Waals surface area contributed by atoms with Gasteiger partial charge in [-0.3, -0.25) is 0 Å². The summed E-state index contributed by atoms with van der Waals surface area (Å²) in [6, 6.07) is 0. The molecule has 0 unspecified atom stereocenters. The summed E-state index contributed by atoms with van der Waals surface area (Å²) in [6.07, 6.45) is 3.54. The van der Waals surface area contributed by atoms with Crippen molar-refractivity contribution in [2.24, 2.45) is 0 Å². The Balaban J connectivity index is -0.000000180. The molecular formula is C5H11BCl2O-2. The lowest BCUT2D eigenvalue weighted by molar-refractivity contribution is -0.00100. The van der Waals surface area contributed by atoms with Crippen LogP contribution in [0.2, 0.25) is 0 Å². The van der Waals surface area contributed by atoms with Gasteiger partial charge in [0.1, 0.15) is 0 Å². The molecule has 0 heterocycles. The van der Waals surface area contributed by atoms with Crippen molar-refractivity contribution in [2.45, 2.75) is 26.2 Å². The van der Waals surface area contributed by atoms with Crippen molar-refractivity contribution in [3.63, 3.8) is 0 Å². The SMILES string of the molecule is [B]OCCCCC.[Cl-].[Cl-]. The van der Waals surface area contributed by atoms with E-state index >= 15 is 0 Å². The van der Waals surface area contributed by atoms with E-state index in [1.54, 1.807) is 0 Å². The molecule has 9 heavy (non-hydrogen) atoms. The highest BCUT2D eigenvalue weighted by Crippen LogP contribution is 1.91. The molecule has 0 aromatic rings. The minimum Gasteiger partial charge on any atom is -1.00 e. The molecule has 0 aromatic heterocycles. The molecule has 0 aliphatic rings. The van der Waals surface area contributed by atoms with Crippen molar-refractivity contribution in [3.05, 3.63) is 0 Å². The third kappa shape index (κ3) is 17.7. The first-order valence-corrected chi connectivity index (χ1v) is 2.73. The van der Waals surface area contributed by atoms with Gasteiger partial charge in [-0.1, -0.05) is 19.8 Å². The molecule has 0 saturated heterocycles. The first-order valence-electron chi connectivity index (χ1n) is 2.73. The summed E-state index contributed by atoms with van der Waals surface area (Å²) in [5.41, 5.74) is 0. The van der Waals surface area contributed by atoms with Crippen LogP contribution in [0, 0.1) is 0 Å². The minimum absolute atomic E-state index is 0. The quantitative estimate of drug-likeness (QED) is 0.303. The van der Waals surface area contributed by atoms with Crippen molar-refractivity contribution in [1.82, 2.24) is 0 Å². The van der Waals surface area contributed by atoms with Crippen LogP contribution in [0.25, 0.3) is 0 Å². The zero-order valence-electron chi connectivity index (χ0n) is 5.57. The maximum atomic E-state index is 4.77. The fourth-order valence-corrected chi connectivity index (χ4v) is 0.435. The minimum atomic E-state index is 0.